The molecule has 1 heterocycles. The van der Waals surface area contributed by atoms with Gasteiger partial charge in [0.1, 0.15) is 5.03 Å². The third-order valence-corrected chi connectivity index (χ3v) is 6.48. The SMILES string of the molecule is O=C(CSc1nc(-c2ccccc2)nc2ccc(Cl)cc12)N(c1ccccc1)c1ccccc1. The predicted octanol–water partition coefficient (Wildman–Crippen LogP) is 7.41. The minimum Gasteiger partial charge on any atom is -0.280 e. The zero-order chi connectivity index (χ0) is 23.3. The number of aromatic nitrogens is 2. The maximum atomic E-state index is 13.5. The minimum atomic E-state index is -0.0440. The lowest BCUT2D eigenvalue weighted by molar-refractivity contribution is -0.115. The molecule has 0 saturated heterocycles. The van der Waals surface area contributed by atoms with Gasteiger partial charge in [0, 0.05) is 27.3 Å². The van der Waals surface area contributed by atoms with Crippen LogP contribution in [-0.2, 0) is 4.79 Å². The lowest BCUT2D eigenvalue weighted by Crippen LogP contribution is -2.27. The zero-order valence-electron chi connectivity index (χ0n) is 18.1. The second-order valence-electron chi connectivity index (χ2n) is 7.57. The fraction of sp³-hybridized carbons (Fsp3) is 0.0357. The Morgan fingerprint density at radius 3 is 1.97 bits per heavy atom. The molecule has 1 aromatic heterocycles. The van der Waals surface area contributed by atoms with E-state index in [-0.39, 0.29) is 11.7 Å². The average molecular weight is 482 g/mol. The highest BCUT2D eigenvalue weighted by Crippen LogP contribution is 2.32. The summed E-state index contributed by atoms with van der Waals surface area (Å²) in [6, 6.07) is 34.7. The molecular weight excluding hydrogens is 462 g/mol. The van der Waals surface area contributed by atoms with Crippen molar-refractivity contribution in [2.75, 3.05) is 10.7 Å². The number of rotatable bonds is 6. The molecule has 0 aliphatic rings. The molecule has 34 heavy (non-hydrogen) atoms. The summed E-state index contributed by atoms with van der Waals surface area (Å²) in [6.07, 6.45) is 0. The molecule has 5 aromatic rings. The van der Waals surface area contributed by atoms with Crippen molar-refractivity contribution in [2.24, 2.45) is 0 Å². The van der Waals surface area contributed by atoms with E-state index >= 15 is 0 Å². The molecule has 0 unspecified atom stereocenters. The molecule has 166 valence electrons. The van der Waals surface area contributed by atoms with Crippen molar-refractivity contribution < 1.29 is 4.79 Å². The normalized spacial score (nSPS) is 10.9. The summed E-state index contributed by atoms with van der Waals surface area (Å²) in [7, 11) is 0. The van der Waals surface area contributed by atoms with Crippen LogP contribution in [0.5, 0.6) is 0 Å². The predicted molar refractivity (Wildman–Crippen MR) is 141 cm³/mol. The van der Waals surface area contributed by atoms with Gasteiger partial charge >= 0.3 is 0 Å². The molecule has 0 bridgehead atoms. The quantitative estimate of drug-likeness (QED) is 0.187. The van der Waals surface area contributed by atoms with Gasteiger partial charge in [-0.2, -0.15) is 0 Å². The van der Waals surface area contributed by atoms with E-state index in [0.29, 0.717) is 10.8 Å². The maximum Gasteiger partial charge on any atom is 0.241 e. The first-order valence-electron chi connectivity index (χ1n) is 10.8. The molecule has 6 heteroatoms. The Balaban J connectivity index is 1.50. The first-order chi connectivity index (χ1) is 16.7. The maximum absolute atomic E-state index is 13.5. The summed E-state index contributed by atoms with van der Waals surface area (Å²) < 4.78 is 0. The van der Waals surface area contributed by atoms with Crippen LogP contribution in [0.15, 0.2) is 114 Å². The lowest BCUT2D eigenvalue weighted by atomic mass is 10.2. The van der Waals surface area contributed by atoms with Crippen LogP contribution in [-0.4, -0.2) is 21.6 Å². The minimum absolute atomic E-state index is 0.0440. The second kappa shape index (κ2) is 10.1. The fourth-order valence-electron chi connectivity index (χ4n) is 3.68. The van der Waals surface area contributed by atoms with Crippen LogP contribution in [0.2, 0.25) is 5.02 Å². The van der Waals surface area contributed by atoms with Crippen molar-refractivity contribution in [2.45, 2.75) is 5.03 Å². The van der Waals surface area contributed by atoms with Crippen molar-refractivity contribution in [3.63, 3.8) is 0 Å². The Kier molecular flexibility index (Phi) is 6.56. The monoisotopic (exact) mass is 481 g/mol. The Labute approximate surface area is 207 Å². The van der Waals surface area contributed by atoms with Crippen LogP contribution in [0.4, 0.5) is 11.4 Å². The average Bonchev–Trinajstić information content (AvgIpc) is 2.89. The topological polar surface area (TPSA) is 46.1 Å². The number of hydrogen-bond donors (Lipinski definition) is 0. The van der Waals surface area contributed by atoms with Gasteiger partial charge in [0.15, 0.2) is 5.82 Å². The molecule has 0 fully saturated rings. The summed E-state index contributed by atoms with van der Waals surface area (Å²) in [5.41, 5.74) is 3.35. The molecule has 0 aliphatic carbocycles. The van der Waals surface area contributed by atoms with Crippen LogP contribution in [0.3, 0.4) is 0 Å². The fourth-order valence-corrected chi connectivity index (χ4v) is 4.72. The number of benzene rings is 4. The van der Waals surface area contributed by atoms with Gasteiger partial charge in [0.25, 0.3) is 0 Å². The number of thioether (sulfide) groups is 1. The molecule has 0 saturated carbocycles. The molecule has 1 amide bonds. The number of amides is 1. The van der Waals surface area contributed by atoms with E-state index in [1.807, 2.05) is 109 Å². The Morgan fingerprint density at radius 2 is 1.35 bits per heavy atom. The van der Waals surface area contributed by atoms with Crippen molar-refractivity contribution in [3.8, 4) is 11.4 Å². The van der Waals surface area contributed by atoms with Gasteiger partial charge in [-0.15, -0.1) is 0 Å². The number of fused-ring (bicyclic) bond motifs is 1. The van der Waals surface area contributed by atoms with Crippen molar-refractivity contribution in [1.29, 1.82) is 0 Å². The van der Waals surface area contributed by atoms with Crippen LogP contribution < -0.4 is 4.90 Å². The lowest BCUT2D eigenvalue weighted by Gasteiger charge is -2.23. The molecule has 0 aliphatic heterocycles. The second-order valence-corrected chi connectivity index (χ2v) is 8.97. The van der Waals surface area contributed by atoms with Crippen LogP contribution in [0.25, 0.3) is 22.3 Å². The summed E-state index contributed by atoms with van der Waals surface area (Å²) in [5.74, 6) is 0.780. The van der Waals surface area contributed by atoms with Crippen molar-refractivity contribution in [3.05, 3.63) is 114 Å². The standard InChI is InChI=1S/C28H20ClN3OS/c29-21-16-17-25-24(18-21)28(31-27(30-25)20-10-4-1-5-11-20)34-19-26(33)32(22-12-6-2-7-13-22)23-14-8-3-9-15-23/h1-18H,19H2. The smallest absolute Gasteiger partial charge is 0.241 e. The molecule has 0 N–H and O–H groups in total. The Hall–Kier alpha value is -3.67. The number of carbonyl (C=O) groups excluding carboxylic acids is 1. The van der Waals surface area contributed by atoms with Gasteiger partial charge < -0.3 is 0 Å². The Bertz CT molecular complexity index is 1390. The molecule has 4 nitrogen and oxygen atoms in total. The first-order valence-corrected chi connectivity index (χ1v) is 12.1. The Morgan fingerprint density at radius 1 is 0.765 bits per heavy atom. The molecule has 4 aromatic carbocycles. The summed E-state index contributed by atoms with van der Waals surface area (Å²) in [4.78, 5) is 24.8. The number of anilines is 2. The van der Waals surface area contributed by atoms with E-state index < -0.39 is 0 Å². The van der Waals surface area contributed by atoms with Gasteiger partial charge in [-0.1, -0.05) is 90.1 Å². The van der Waals surface area contributed by atoms with E-state index in [0.717, 1.165) is 32.9 Å². The summed E-state index contributed by atoms with van der Waals surface area (Å²) in [6.45, 7) is 0. The highest BCUT2D eigenvalue weighted by molar-refractivity contribution is 8.00. The van der Waals surface area contributed by atoms with Crippen molar-refractivity contribution >= 4 is 51.5 Å². The van der Waals surface area contributed by atoms with Gasteiger partial charge in [0.05, 0.1) is 11.3 Å². The van der Waals surface area contributed by atoms with Gasteiger partial charge in [0.2, 0.25) is 5.91 Å². The number of para-hydroxylation sites is 2. The third kappa shape index (κ3) is 4.81. The number of carbonyl (C=O) groups is 1. The van der Waals surface area contributed by atoms with E-state index in [9.17, 15) is 4.79 Å². The van der Waals surface area contributed by atoms with Crippen molar-refractivity contribution in [1.82, 2.24) is 9.97 Å². The third-order valence-electron chi connectivity index (χ3n) is 5.27. The zero-order valence-corrected chi connectivity index (χ0v) is 19.7. The van der Waals surface area contributed by atoms with Crippen LogP contribution >= 0.6 is 23.4 Å². The number of hydrogen-bond acceptors (Lipinski definition) is 4. The van der Waals surface area contributed by atoms with E-state index in [1.54, 1.807) is 4.90 Å². The number of nitrogens with zero attached hydrogens (tertiary/aromatic N) is 3. The molecule has 0 radical (unpaired) electrons. The van der Waals surface area contributed by atoms with E-state index in [2.05, 4.69) is 0 Å². The summed E-state index contributed by atoms with van der Waals surface area (Å²) in [5, 5.41) is 2.16. The number of halogens is 1. The first kappa shape index (κ1) is 22.1. The van der Waals surface area contributed by atoms with Crippen LogP contribution in [0, 0.1) is 0 Å². The largest absolute Gasteiger partial charge is 0.280 e. The molecule has 5 rings (SSSR count). The van der Waals surface area contributed by atoms with Gasteiger partial charge in [-0.3, -0.25) is 9.69 Å². The van der Waals surface area contributed by atoms with E-state index in [4.69, 9.17) is 21.6 Å². The molecular formula is C28H20ClN3OS. The van der Waals surface area contributed by atoms with Gasteiger partial charge in [-0.05, 0) is 42.5 Å². The molecule has 0 spiro atoms. The van der Waals surface area contributed by atoms with E-state index in [1.165, 1.54) is 11.8 Å². The molecule has 0 atom stereocenters. The highest BCUT2D eigenvalue weighted by atomic mass is 35.5. The highest BCUT2D eigenvalue weighted by Gasteiger charge is 2.19. The van der Waals surface area contributed by atoms with Crippen LogP contribution in [0.1, 0.15) is 0 Å². The summed E-state index contributed by atoms with van der Waals surface area (Å²) >= 11 is 7.67. The van der Waals surface area contributed by atoms with Gasteiger partial charge in [-0.25, -0.2) is 9.97 Å².